The fourth-order valence-corrected chi connectivity index (χ4v) is 3.85. The van der Waals surface area contributed by atoms with Gasteiger partial charge in [-0.1, -0.05) is 135 Å². The number of ether oxygens (including phenoxy) is 1. The van der Waals surface area contributed by atoms with Crippen molar-refractivity contribution in [1.29, 1.82) is 0 Å². The molecule has 0 bridgehead atoms. The van der Waals surface area contributed by atoms with Gasteiger partial charge < -0.3 is 9.84 Å². The second kappa shape index (κ2) is 22.7. The number of methoxy groups -OCH3 is 1. The molecule has 0 radical (unpaired) electrons. The van der Waals surface area contributed by atoms with E-state index in [1.165, 1.54) is 123 Å². The summed E-state index contributed by atoms with van der Waals surface area (Å²) in [5, 5.41) is 9.49. The van der Waals surface area contributed by atoms with E-state index in [0.717, 1.165) is 12.8 Å². The van der Waals surface area contributed by atoms with Gasteiger partial charge in [-0.05, 0) is 6.42 Å². The monoisotopic (exact) mass is 398 g/mol. The number of hydrogen-bond donors (Lipinski definition) is 1. The number of rotatable bonds is 22. The molecule has 28 heavy (non-hydrogen) atoms. The Morgan fingerprint density at radius 1 is 0.607 bits per heavy atom. The average Bonchev–Trinajstić information content (AvgIpc) is 2.71. The Morgan fingerprint density at radius 2 is 0.893 bits per heavy atom. The molecule has 0 spiro atoms. The SMILES string of the molecule is CCCCCCCCCCCCCCCCCCCCCCC(O)C(=O)OC. The van der Waals surface area contributed by atoms with E-state index in [0.29, 0.717) is 6.42 Å². The lowest BCUT2D eigenvalue weighted by Crippen LogP contribution is -2.21. The molecule has 0 heterocycles. The number of carbonyl (C=O) groups is 1. The lowest BCUT2D eigenvalue weighted by atomic mass is 10.0. The molecule has 3 heteroatoms. The number of esters is 1. The molecule has 168 valence electrons. The summed E-state index contributed by atoms with van der Waals surface area (Å²) >= 11 is 0. The molecule has 0 aliphatic rings. The smallest absolute Gasteiger partial charge is 0.334 e. The van der Waals surface area contributed by atoms with Gasteiger partial charge in [-0.3, -0.25) is 0 Å². The Balaban J connectivity index is 3.08. The first-order valence-electron chi connectivity index (χ1n) is 12.5. The largest absolute Gasteiger partial charge is 0.467 e. The van der Waals surface area contributed by atoms with E-state index in [9.17, 15) is 9.90 Å². The Labute approximate surface area is 176 Å². The highest BCUT2D eigenvalue weighted by Gasteiger charge is 2.13. The summed E-state index contributed by atoms with van der Waals surface area (Å²) in [5.41, 5.74) is 0. The topological polar surface area (TPSA) is 46.5 Å². The van der Waals surface area contributed by atoms with E-state index < -0.39 is 12.1 Å². The maximum Gasteiger partial charge on any atom is 0.334 e. The third-order valence-corrected chi connectivity index (χ3v) is 5.80. The number of aliphatic hydroxyl groups is 1. The molecule has 0 aromatic heterocycles. The zero-order valence-electron chi connectivity index (χ0n) is 19.2. The molecule has 1 N–H and O–H groups in total. The Bertz CT molecular complexity index is 317. The van der Waals surface area contributed by atoms with Gasteiger partial charge in [0.25, 0.3) is 0 Å². The fraction of sp³-hybridized carbons (Fsp3) is 0.960. The van der Waals surface area contributed by atoms with E-state index in [-0.39, 0.29) is 0 Å². The molecule has 0 aromatic rings. The third kappa shape index (κ3) is 20.2. The van der Waals surface area contributed by atoms with E-state index in [2.05, 4.69) is 11.7 Å². The molecule has 0 aromatic carbocycles. The van der Waals surface area contributed by atoms with Gasteiger partial charge in [-0.25, -0.2) is 4.79 Å². The van der Waals surface area contributed by atoms with Crippen molar-refractivity contribution in [1.82, 2.24) is 0 Å². The second-order valence-electron chi connectivity index (χ2n) is 8.55. The number of hydrogen-bond acceptors (Lipinski definition) is 3. The number of aliphatic hydroxyl groups excluding tert-OH is 1. The van der Waals surface area contributed by atoms with E-state index >= 15 is 0 Å². The summed E-state index contributed by atoms with van der Waals surface area (Å²) in [6.45, 7) is 2.28. The fourth-order valence-electron chi connectivity index (χ4n) is 3.85. The molecule has 0 saturated carbocycles. The number of unbranched alkanes of at least 4 members (excludes halogenated alkanes) is 19. The van der Waals surface area contributed by atoms with Crippen LogP contribution in [-0.4, -0.2) is 24.3 Å². The molecule has 0 rings (SSSR count). The third-order valence-electron chi connectivity index (χ3n) is 5.80. The molecule has 0 aliphatic heterocycles. The minimum atomic E-state index is -0.930. The van der Waals surface area contributed by atoms with Gasteiger partial charge in [0.15, 0.2) is 6.10 Å². The normalized spacial score (nSPS) is 12.2. The highest BCUT2D eigenvalue weighted by atomic mass is 16.5. The molecular weight excluding hydrogens is 348 g/mol. The van der Waals surface area contributed by atoms with E-state index in [4.69, 9.17) is 0 Å². The molecule has 0 saturated heterocycles. The highest BCUT2D eigenvalue weighted by Crippen LogP contribution is 2.15. The molecule has 0 amide bonds. The van der Waals surface area contributed by atoms with Crippen molar-refractivity contribution < 1.29 is 14.6 Å². The molecule has 1 unspecified atom stereocenters. The van der Waals surface area contributed by atoms with E-state index in [1.54, 1.807) is 0 Å². The molecule has 0 fully saturated rings. The van der Waals surface area contributed by atoms with Gasteiger partial charge in [-0.15, -0.1) is 0 Å². The van der Waals surface area contributed by atoms with Gasteiger partial charge in [0, 0.05) is 0 Å². The summed E-state index contributed by atoms with van der Waals surface area (Å²) < 4.78 is 4.52. The minimum Gasteiger partial charge on any atom is -0.467 e. The summed E-state index contributed by atoms with van der Waals surface area (Å²) in [7, 11) is 1.32. The predicted molar refractivity (Wildman–Crippen MR) is 121 cm³/mol. The first-order chi connectivity index (χ1) is 13.7. The van der Waals surface area contributed by atoms with Crippen LogP contribution in [0.2, 0.25) is 0 Å². The van der Waals surface area contributed by atoms with Gasteiger partial charge >= 0.3 is 5.97 Å². The van der Waals surface area contributed by atoms with E-state index in [1.807, 2.05) is 0 Å². The van der Waals surface area contributed by atoms with Crippen LogP contribution in [0.4, 0.5) is 0 Å². The van der Waals surface area contributed by atoms with Gasteiger partial charge in [0.1, 0.15) is 0 Å². The zero-order chi connectivity index (χ0) is 20.7. The van der Waals surface area contributed by atoms with Gasteiger partial charge in [0.2, 0.25) is 0 Å². The van der Waals surface area contributed by atoms with Crippen molar-refractivity contribution in [3.8, 4) is 0 Å². The van der Waals surface area contributed by atoms with Crippen LogP contribution in [0.15, 0.2) is 0 Å². The van der Waals surface area contributed by atoms with Gasteiger partial charge in [0.05, 0.1) is 7.11 Å². The predicted octanol–water partition coefficient (Wildman–Crippen LogP) is 7.73. The van der Waals surface area contributed by atoms with Crippen LogP contribution in [0.5, 0.6) is 0 Å². The summed E-state index contributed by atoms with van der Waals surface area (Å²) in [6.07, 6.45) is 26.8. The first kappa shape index (κ1) is 27.4. The quantitative estimate of drug-likeness (QED) is 0.150. The molecule has 0 aliphatic carbocycles. The lowest BCUT2D eigenvalue weighted by molar-refractivity contribution is -0.150. The summed E-state index contributed by atoms with van der Waals surface area (Å²) in [4.78, 5) is 11.1. The molecular formula is C25H50O3. The minimum absolute atomic E-state index is 0.502. The maximum absolute atomic E-state index is 11.1. The van der Waals surface area contributed by atoms with Crippen LogP contribution >= 0.6 is 0 Å². The van der Waals surface area contributed by atoms with Crippen molar-refractivity contribution >= 4 is 5.97 Å². The Kier molecular flexibility index (Phi) is 22.3. The second-order valence-corrected chi connectivity index (χ2v) is 8.55. The average molecular weight is 399 g/mol. The van der Waals surface area contributed by atoms with Crippen molar-refractivity contribution in [3.63, 3.8) is 0 Å². The first-order valence-corrected chi connectivity index (χ1v) is 12.5. The van der Waals surface area contributed by atoms with Crippen molar-refractivity contribution in [2.75, 3.05) is 7.11 Å². The Morgan fingerprint density at radius 3 is 1.18 bits per heavy atom. The van der Waals surface area contributed by atoms with Crippen LogP contribution in [0.1, 0.15) is 142 Å². The lowest BCUT2D eigenvalue weighted by Gasteiger charge is -2.07. The summed E-state index contributed by atoms with van der Waals surface area (Å²) in [6, 6.07) is 0. The highest BCUT2D eigenvalue weighted by molar-refractivity contribution is 5.74. The van der Waals surface area contributed by atoms with Crippen molar-refractivity contribution in [2.45, 2.75) is 148 Å². The van der Waals surface area contributed by atoms with Crippen LogP contribution in [0.25, 0.3) is 0 Å². The van der Waals surface area contributed by atoms with Crippen LogP contribution < -0.4 is 0 Å². The molecule has 1 atom stereocenters. The summed E-state index contributed by atoms with van der Waals surface area (Å²) in [5.74, 6) is -0.502. The Hall–Kier alpha value is -0.570. The van der Waals surface area contributed by atoms with Crippen molar-refractivity contribution in [2.24, 2.45) is 0 Å². The van der Waals surface area contributed by atoms with Crippen LogP contribution in [0, 0.1) is 0 Å². The zero-order valence-corrected chi connectivity index (χ0v) is 19.2. The standard InChI is InChI=1S/C25H50O3/c1-3-4-5-6-7-8-9-10-11-12-13-14-15-16-17-18-19-20-21-22-23-24(26)25(27)28-2/h24,26H,3-23H2,1-2H3. The van der Waals surface area contributed by atoms with Gasteiger partial charge in [-0.2, -0.15) is 0 Å². The van der Waals surface area contributed by atoms with Crippen molar-refractivity contribution in [3.05, 3.63) is 0 Å². The van der Waals surface area contributed by atoms with Crippen LogP contribution in [-0.2, 0) is 9.53 Å². The maximum atomic E-state index is 11.1. The molecule has 3 nitrogen and oxygen atoms in total. The van der Waals surface area contributed by atoms with Crippen LogP contribution in [0.3, 0.4) is 0 Å². The number of carbonyl (C=O) groups excluding carboxylic acids is 1.